The van der Waals surface area contributed by atoms with Gasteiger partial charge in [-0.2, -0.15) is 0 Å². The van der Waals surface area contributed by atoms with Crippen LogP contribution in [0.1, 0.15) is 0 Å². The minimum atomic E-state index is 0.625. The molecule has 10 aromatic rings. The molecule has 0 amide bonds. The molecule has 0 N–H and O–H groups in total. The van der Waals surface area contributed by atoms with Crippen LogP contribution in [0.3, 0.4) is 0 Å². The van der Waals surface area contributed by atoms with Crippen LogP contribution in [0.5, 0.6) is 0 Å². The van der Waals surface area contributed by atoms with E-state index in [2.05, 4.69) is 127 Å². The van der Waals surface area contributed by atoms with Gasteiger partial charge in [0, 0.05) is 38.4 Å². The molecular formula is C49H31N3O. The van der Waals surface area contributed by atoms with Gasteiger partial charge in [-0.1, -0.05) is 176 Å². The molecule has 248 valence electrons. The van der Waals surface area contributed by atoms with E-state index in [0.717, 1.165) is 71.7 Å². The molecule has 0 saturated carbocycles. The summed E-state index contributed by atoms with van der Waals surface area (Å²) in [5.41, 5.74) is 11.3. The molecule has 0 spiro atoms. The molecule has 0 aliphatic rings. The van der Waals surface area contributed by atoms with Crippen LogP contribution in [-0.4, -0.2) is 15.0 Å². The van der Waals surface area contributed by atoms with Crippen molar-refractivity contribution in [2.24, 2.45) is 0 Å². The maximum Gasteiger partial charge on any atom is 0.164 e. The Kier molecular flexibility index (Phi) is 7.43. The zero-order chi connectivity index (χ0) is 35.1. The lowest BCUT2D eigenvalue weighted by atomic mass is 9.92. The van der Waals surface area contributed by atoms with Crippen molar-refractivity contribution in [2.75, 3.05) is 0 Å². The first-order chi connectivity index (χ1) is 26.3. The second-order valence-electron chi connectivity index (χ2n) is 13.2. The van der Waals surface area contributed by atoms with Gasteiger partial charge in [-0.15, -0.1) is 0 Å². The molecule has 0 aliphatic heterocycles. The molecule has 10 rings (SSSR count). The highest BCUT2D eigenvalue weighted by atomic mass is 16.3. The van der Waals surface area contributed by atoms with E-state index < -0.39 is 0 Å². The van der Waals surface area contributed by atoms with Crippen molar-refractivity contribution in [2.45, 2.75) is 0 Å². The van der Waals surface area contributed by atoms with E-state index >= 15 is 0 Å². The van der Waals surface area contributed by atoms with Gasteiger partial charge in [0.25, 0.3) is 0 Å². The van der Waals surface area contributed by atoms with Gasteiger partial charge < -0.3 is 4.42 Å². The molecule has 0 bridgehead atoms. The van der Waals surface area contributed by atoms with E-state index in [1.54, 1.807) is 0 Å². The van der Waals surface area contributed by atoms with Crippen molar-refractivity contribution in [1.82, 2.24) is 15.0 Å². The Morgan fingerprint density at radius 1 is 0.264 bits per heavy atom. The number of rotatable bonds is 6. The quantitative estimate of drug-likeness (QED) is 0.176. The standard InChI is InChI=1S/C49H31N3O/c1-4-16-32(17-5-1)37-24-10-11-25-38(37)41-28-15-29-42-44-31-43(39-26-12-13-27-40(39)46(44)53-45(41)42)35-22-14-23-36(30-35)49-51-47(33-18-6-2-7-19-33)50-48(52-49)34-20-8-3-9-21-34/h1-31H. The summed E-state index contributed by atoms with van der Waals surface area (Å²) >= 11 is 0. The molecule has 53 heavy (non-hydrogen) atoms. The Morgan fingerprint density at radius 3 is 1.40 bits per heavy atom. The molecule has 0 unspecified atom stereocenters. The summed E-state index contributed by atoms with van der Waals surface area (Å²) in [6, 6.07) is 65.1. The molecule has 0 radical (unpaired) electrons. The highest BCUT2D eigenvalue weighted by Crippen LogP contribution is 2.44. The fraction of sp³-hybridized carbons (Fsp3) is 0. The second-order valence-corrected chi connectivity index (χ2v) is 13.2. The fourth-order valence-electron chi connectivity index (χ4n) is 7.42. The lowest BCUT2D eigenvalue weighted by Gasteiger charge is -2.11. The molecule has 0 fully saturated rings. The van der Waals surface area contributed by atoms with Gasteiger partial charge in [-0.25, -0.2) is 15.0 Å². The zero-order valence-corrected chi connectivity index (χ0v) is 28.6. The number of hydrogen-bond donors (Lipinski definition) is 0. The third-order valence-electron chi connectivity index (χ3n) is 9.94. The average molecular weight is 678 g/mol. The zero-order valence-electron chi connectivity index (χ0n) is 28.6. The number of fused-ring (bicyclic) bond motifs is 5. The summed E-state index contributed by atoms with van der Waals surface area (Å²) in [6.45, 7) is 0. The Balaban J connectivity index is 1.16. The van der Waals surface area contributed by atoms with Crippen molar-refractivity contribution in [1.29, 1.82) is 0 Å². The predicted molar refractivity (Wildman–Crippen MR) is 217 cm³/mol. The van der Waals surface area contributed by atoms with Crippen LogP contribution in [0, 0.1) is 0 Å². The first kappa shape index (κ1) is 30.6. The largest absolute Gasteiger partial charge is 0.455 e. The van der Waals surface area contributed by atoms with E-state index in [1.807, 2.05) is 60.7 Å². The van der Waals surface area contributed by atoms with Crippen molar-refractivity contribution < 1.29 is 4.42 Å². The van der Waals surface area contributed by atoms with Crippen molar-refractivity contribution >= 4 is 32.7 Å². The van der Waals surface area contributed by atoms with Crippen LogP contribution >= 0.6 is 0 Å². The molecular weight excluding hydrogens is 647 g/mol. The first-order valence-corrected chi connectivity index (χ1v) is 17.8. The SMILES string of the molecule is c1ccc(-c2nc(-c3ccccc3)nc(-c3cccc(-c4cc5c6cccc(-c7ccccc7-c7ccccc7)c6oc5c5ccccc45)c3)n2)cc1. The van der Waals surface area contributed by atoms with Crippen LogP contribution in [0.25, 0.3) is 100 Å². The summed E-state index contributed by atoms with van der Waals surface area (Å²) in [5.74, 6) is 1.91. The summed E-state index contributed by atoms with van der Waals surface area (Å²) in [4.78, 5) is 14.9. The molecule has 0 aliphatic carbocycles. The first-order valence-electron chi connectivity index (χ1n) is 17.8. The Bertz CT molecular complexity index is 2880. The minimum absolute atomic E-state index is 0.625. The van der Waals surface area contributed by atoms with Crippen LogP contribution in [0.15, 0.2) is 192 Å². The van der Waals surface area contributed by atoms with E-state index in [-0.39, 0.29) is 0 Å². The lowest BCUT2D eigenvalue weighted by molar-refractivity contribution is 0.674. The van der Waals surface area contributed by atoms with Crippen molar-refractivity contribution in [3.63, 3.8) is 0 Å². The van der Waals surface area contributed by atoms with Crippen LogP contribution in [-0.2, 0) is 0 Å². The van der Waals surface area contributed by atoms with Gasteiger partial charge in [-0.3, -0.25) is 0 Å². The Hall–Kier alpha value is -7.17. The summed E-state index contributed by atoms with van der Waals surface area (Å²) in [5, 5.41) is 4.35. The number of aromatic nitrogens is 3. The molecule has 2 aromatic heterocycles. The lowest BCUT2D eigenvalue weighted by Crippen LogP contribution is -2.00. The number of furan rings is 1. The summed E-state index contributed by atoms with van der Waals surface area (Å²) in [7, 11) is 0. The summed E-state index contributed by atoms with van der Waals surface area (Å²) in [6.07, 6.45) is 0. The van der Waals surface area contributed by atoms with E-state index in [1.165, 1.54) is 11.1 Å². The van der Waals surface area contributed by atoms with Crippen molar-refractivity contribution in [3.05, 3.63) is 188 Å². The van der Waals surface area contributed by atoms with Gasteiger partial charge >= 0.3 is 0 Å². The smallest absolute Gasteiger partial charge is 0.164 e. The summed E-state index contributed by atoms with van der Waals surface area (Å²) < 4.78 is 6.91. The second kappa shape index (κ2) is 12.9. The number of nitrogens with zero attached hydrogens (tertiary/aromatic N) is 3. The maximum absolute atomic E-state index is 6.91. The third kappa shape index (κ3) is 5.45. The van der Waals surface area contributed by atoms with E-state index in [4.69, 9.17) is 19.4 Å². The van der Waals surface area contributed by atoms with Gasteiger partial charge in [0.15, 0.2) is 17.5 Å². The fourth-order valence-corrected chi connectivity index (χ4v) is 7.42. The maximum atomic E-state index is 6.91. The average Bonchev–Trinajstić information content (AvgIpc) is 3.63. The van der Waals surface area contributed by atoms with Gasteiger partial charge in [0.2, 0.25) is 0 Å². The minimum Gasteiger partial charge on any atom is -0.455 e. The number of hydrogen-bond acceptors (Lipinski definition) is 4. The van der Waals surface area contributed by atoms with Gasteiger partial charge in [0.05, 0.1) is 0 Å². The molecule has 0 saturated heterocycles. The highest BCUT2D eigenvalue weighted by molar-refractivity contribution is 6.21. The molecule has 4 heteroatoms. The number of benzene rings is 8. The van der Waals surface area contributed by atoms with E-state index in [0.29, 0.717) is 17.5 Å². The topological polar surface area (TPSA) is 51.8 Å². The van der Waals surface area contributed by atoms with Gasteiger partial charge in [0.1, 0.15) is 11.2 Å². The van der Waals surface area contributed by atoms with Crippen LogP contribution < -0.4 is 0 Å². The normalized spacial score (nSPS) is 11.4. The molecule has 8 aromatic carbocycles. The third-order valence-corrected chi connectivity index (χ3v) is 9.94. The van der Waals surface area contributed by atoms with Crippen molar-refractivity contribution in [3.8, 4) is 67.5 Å². The van der Waals surface area contributed by atoms with Crippen LogP contribution in [0.4, 0.5) is 0 Å². The highest BCUT2D eigenvalue weighted by Gasteiger charge is 2.20. The predicted octanol–water partition coefficient (Wildman–Crippen LogP) is 12.9. The molecule has 4 nitrogen and oxygen atoms in total. The monoisotopic (exact) mass is 677 g/mol. The molecule has 0 atom stereocenters. The Morgan fingerprint density at radius 2 is 0.717 bits per heavy atom. The van der Waals surface area contributed by atoms with Gasteiger partial charge in [-0.05, 0) is 45.3 Å². The van der Waals surface area contributed by atoms with E-state index in [9.17, 15) is 0 Å². The Labute approximate surface area is 306 Å². The van der Waals surface area contributed by atoms with Crippen LogP contribution in [0.2, 0.25) is 0 Å². The molecule has 2 heterocycles. The number of para-hydroxylation sites is 1.